The maximum Gasteiger partial charge on any atom is 0.227 e. The van der Waals surface area contributed by atoms with Gasteiger partial charge in [0, 0.05) is 18.7 Å². The molecule has 0 N–H and O–H groups in total. The van der Waals surface area contributed by atoms with Gasteiger partial charge in [-0.3, -0.25) is 4.79 Å². The van der Waals surface area contributed by atoms with Gasteiger partial charge in [0.1, 0.15) is 0 Å². The molecule has 0 aliphatic carbocycles. The minimum atomic E-state index is 0.133. The number of nitrogens with zero attached hydrogens (tertiary/aromatic N) is 1. The van der Waals surface area contributed by atoms with Crippen LogP contribution in [0, 0.1) is 0 Å². The Morgan fingerprint density at radius 2 is 1.77 bits per heavy atom. The molecule has 0 atom stereocenters. The zero-order valence-corrected chi connectivity index (χ0v) is 15.6. The first kappa shape index (κ1) is 18.1. The summed E-state index contributed by atoms with van der Waals surface area (Å²) in [6.07, 6.45) is 3.03. The molecule has 0 aromatic heterocycles. The van der Waals surface area contributed by atoms with Gasteiger partial charge in [0.15, 0.2) is 11.5 Å². The van der Waals surface area contributed by atoms with Crippen LogP contribution in [0.25, 0.3) is 0 Å². The SMILES string of the molecule is COc1ccc(CCC(=O)N2CCCc3ccccc32)c(OC)c1OC. The molecule has 2 aromatic rings. The van der Waals surface area contributed by atoms with Gasteiger partial charge in [-0.05, 0) is 42.5 Å². The summed E-state index contributed by atoms with van der Waals surface area (Å²) in [5, 5.41) is 0. The fourth-order valence-corrected chi connectivity index (χ4v) is 3.53. The average molecular weight is 355 g/mol. The molecule has 0 radical (unpaired) electrons. The van der Waals surface area contributed by atoms with Crippen LogP contribution in [0.15, 0.2) is 36.4 Å². The summed E-state index contributed by atoms with van der Waals surface area (Å²) in [5.41, 5.74) is 3.22. The first-order valence-electron chi connectivity index (χ1n) is 8.85. The highest BCUT2D eigenvalue weighted by atomic mass is 16.5. The maximum absolute atomic E-state index is 12.8. The van der Waals surface area contributed by atoms with Gasteiger partial charge >= 0.3 is 0 Å². The lowest BCUT2D eigenvalue weighted by molar-refractivity contribution is -0.118. The van der Waals surface area contributed by atoms with Crippen molar-refractivity contribution >= 4 is 11.6 Å². The molecule has 1 amide bonds. The molecule has 1 heterocycles. The van der Waals surface area contributed by atoms with Gasteiger partial charge in [-0.25, -0.2) is 0 Å². The number of hydrogen-bond acceptors (Lipinski definition) is 4. The van der Waals surface area contributed by atoms with Crippen molar-refractivity contribution in [2.24, 2.45) is 0 Å². The largest absolute Gasteiger partial charge is 0.493 e. The van der Waals surface area contributed by atoms with Crippen molar-refractivity contribution in [2.45, 2.75) is 25.7 Å². The van der Waals surface area contributed by atoms with Crippen molar-refractivity contribution in [3.8, 4) is 17.2 Å². The van der Waals surface area contributed by atoms with Crippen LogP contribution in [0.4, 0.5) is 5.69 Å². The molecular weight excluding hydrogens is 330 g/mol. The number of ether oxygens (including phenoxy) is 3. The quantitative estimate of drug-likeness (QED) is 0.794. The molecule has 0 saturated carbocycles. The highest BCUT2D eigenvalue weighted by Gasteiger charge is 2.23. The summed E-state index contributed by atoms with van der Waals surface area (Å²) in [4.78, 5) is 14.7. The number of para-hydroxylation sites is 1. The Hall–Kier alpha value is -2.69. The predicted molar refractivity (Wildman–Crippen MR) is 102 cm³/mol. The number of aryl methyl sites for hydroxylation is 2. The lowest BCUT2D eigenvalue weighted by Crippen LogP contribution is -2.35. The van der Waals surface area contributed by atoms with E-state index in [0.29, 0.717) is 30.1 Å². The molecule has 5 nitrogen and oxygen atoms in total. The molecule has 1 aliphatic rings. The Morgan fingerprint density at radius 3 is 2.50 bits per heavy atom. The number of amides is 1. The fraction of sp³-hybridized carbons (Fsp3) is 0.381. The van der Waals surface area contributed by atoms with Gasteiger partial charge < -0.3 is 19.1 Å². The van der Waals surface area contributed by atoms with E-state index in [0.717, 1.165) is 30.6 Å². The van der Waals surface area contributed by atoms with Crippen molar-refractivity contribution in [2.75, 3.05) is 32.8 Å². The van der Waals surface area contributed by atoms with Crippen molar-refractivity contribution in [1.82, 2.24) is 0 Å². The van der Waals surface area contributed by atoms with Gasteiger partial charge in [-0.2, -0.15) is 0 Å². The Kier molecular flexibility index (Phi) is 5.66. The van der Waals surface area contributed by atoms with E-state index in [1.165, 1.54) is 5.56 Å². The Morgan fingerprint density at radius 1 is 1.00 bits per heavy atom. The molecule has 0 fully saturated rings. The maximum atomic E-state index is 12.8. The second-order valence-corrected chi connectivity index (χ2v) is 6.27. The van der Waals surface area contributed by atoms with Crippen LogP contribution >= 0.6 is 0 Å². The van der Waals surface area contributed by atoms with Crippen LogP contribution in [0.5, 0.6) is 17.2 Å². The van der Waals surface area contributed by atoms with Gasteiger partial charge in [-0.15, -0.1) is 0 Å². The highest BCUT2D eigenvalue weighted by Crippen LogP contribution is 2.40. The van der Waals surface area contributed by atoms with Crippen LogP contribution in [-0.4, -0.2) is 33.8 Å². The van der Waals surface area contributed by atoms with Gasteiger partial charge in [0.05, 0.1) is 21.3 Å². The normalized spacial score (nSPS) is 13.1. The first-order valence-corrected chi connectivity index (χ1v) is 8.85. The lowest BCUT2D eigenvalue weighted by Gasteiger charge is -2.29. The van der Waals surface area contributed by atoms with E-state index in [-0.39, 0.29) is 5.91 Å². The van der Waals surface area contributed by atoms with Gasteiger partial charge in [0.2, 0.25) is 11.7 Å². The van der Waals surface area contributed by atoms with Gasteiger partial charge in [-0.1, -0.05) is 24.3 Å². The fourth-order valence-electron chi connectivity index (χ4n) is 3.53. The van der Waals surface area contributed by atoms with E-state index in [2.05, 4.69) is 6.07 Å². The molecule has 2 aromatic carbocycles. The summed E-state index contributed by atoms with van der Waals surface area (Å²) in [7, 11) is 4.78. The molecule has 3 rings (SSSR count). The smallest absolute Gasteiger partial charge is 0.227 e. The molecule has 0 saturated heterocycles. The third kappa shape index (κ3) is 3.47. The number of carbonyl (C=O) groups is 1. The third-order valence-electron chi connectivity index (χ3n) is 4.81. The lowest BCUT2D eigenvalue weighted by atomic mass is 10.0. The van der Waals surface area contributed by atoms with Crippen molar-refractivity contribution in [1.29, 1.82) is 0 Å². The summed E-state index contributed by atoms with van der Waals surface area (Å²) >= 11 is 0. The van der Waals surface area contributed by atoms with Crippen molar-refractivity contribution < 1.29 is 19.0 Å². The van der Waals surface area contributed by atoms with E-state index in [9.17, 15) is 4.79 Å². The molecule has 0 spiro atoms. The minimum absolute atomic E-state index is 0.133. The standard InChI is InChI=1S/C21H25NO4/c1-24-18-12-10-16(20(25-2)21(18)26-3)11-13-19(23)22-14-6-8-15-7-4-5-9-17(15)22/h4-5,7,9-10,12H,6,8,11,13-14H2,1-3H3. The highest BCUT2D eigenvalue weighted by molar-refractivity contribution is 5.94. The molecule has 138 valence electrons. The molecular formula is C21H25NO4. The van der Waals surface area contributed by atoms with Crippen molar-refractivity contribution in [3.05, 3.63) is 47.5 Å². The van der Waals surface area contributed by atoms with Crippen LogP contribution in [0.3, 0.4) is 0 Å². The topological polar surface area (TPSA) is 48.0 Å². The van der Waals surface area contributed by atoms with E-state index in [4.69, 9.17) is 14.2 Å². The number of hydrogen-bond donors (Lipinski definition) is 0. The molecule has 1 aliphatic heterocycles. The summed E-state index contributed by atoms with van der Waals surface area (Å²) in [5.74, 6) is 1.93. The monoisotopic (exact) mass is 355 g/mol. The number of fused-ring (bicyclic) bond motifs is 1. The van der Waals surface area contributed by atoms with E-state index in [1.807, 2.05) is 35.2 Å². The molecule has 26 heavy (non-hydrogen) atoms. The van der Waals surface area contributed by atoms with Crippen LogP contribution < -0.4 is 19.1 Å². The Bertz CT molecular complexity index is 788. The zero-order chi connectivity index (χ0) is 18.5. The number of benzene rings is 2. The Labute approximate surface area is 154 Å². The molecule has 0 bridgehead atoms. The molecule has 5 heteroatoms. The molecule has 0 unspecified atom stereocenters. The van der Waals surface area contributed by atoms with E-state index >= 15 is 0 Å². The number of rotatable bonds is 6. The van der Waals surface area contributed by atoms with E-state index in [1.54, 1.807) is 21.3 Å². The first-order chi connectivity index (χ1) is 12.7. The number of anilines is 1. The minimum Gasteiger partial charge on any atom is -0.493 e. The summed E-state index contributed by atoms with van der Waals surface area (Å²) < 4.78 is 16.3. The predicted octanol–water partition coefficient (Wildman–Crippen LogP) is 3.62. The number of methoxy groups -OCH3 is 3. The van der Waals surface area contributed by atoms with Crippen LogP contribution in [-0.2, 0) is 17.6 Å². The average Bonchev–Trinajstić information content (AvgIpc) is 2.70. The number of carbonyl (C=O) groups excluding carboxylic acids is 1. The van der Waals surface area contributed by atoms with Gasteiger partial charge in [0.25, 0.3) is 0 Å². The van der Waals surface area contributed by atoms with Crippen LogP contribution in [0.1, 0.15) is 24.0 Å². The Balaban J connectivity index is 1.77. The second-order valence-electron chi connectivity index (χ2n) is 6.27. The van der Waals surface area contributed by atoms with E-state index < -0.39 is 0 Å². The zero-order valence-electron chi connectivity index (χ0n) is 15.6. The second kappa shape index (κ2) is 8.13. The summed E-state index contributed by atoms with van der Waals surface area (Å²) in [6, 6.07) is 11.9. The summed E-state index contributed by atoms with van der Waals surface area (Å²) in [6.45, 7) is 0.777. The third-order valence-corrected chi connectivity index (χ3v) is 4.81. The van der Waals surface area contributed by atoms with Crippen molar-refractivity contribution in [3.63, 3.8) is 0 Å². The van der Waals surface area contributed by atoms with Crippen LogP contribution in [0.2, 0.25) is 0 Å².